The molecule has 0 bridgehead atoms. The summed E-state index contributed by atoms with van der Waals surface area (Å²) in [7, 11) is 0. The van der Waals surface area contributed by atoms with Crippen molar-refractivity contribution in [2.45, 2.75) is 20.3 Å². The normalized spacial score (nSPS) is 11.8. The van der Waals surface area contributed by atoms with Crippen molar-refractivity contribution < 1.29 is 19.1 Å². The Morgan fingerprint density at radius 3 is 2.65 bits per heavy atom. The maximum atomic E-state index is 12.9. The minimum Gasteiger partial charge on any atom is -0.396 e. The van der Waals surface area contributed by atoms with Crippen molar-refractivity contribution in [3.63, 3.8) is 0 Å². The second kappa shape index (κ2) is 7.59. The highest BCUT2D eigenvalue weighted by atomic mass is 19.1. The molecule has 0 aliphatic rings. The molecule has 1 unspecified atom stereocenters. The molecule has 1 rings (SSSR count). The zero-order valence-electron chi connectivity index (χ0n) is 11.6. The molecule has 5 nitrogen and oxygen atoms in total. The second-order valence-electron chi connectivity index (χ2n) is 4.74. The number of aliphatic hydroxyl groups excluding tert-OH is 1. The monoisotopic (exact) mass is 282 g/mol. The van der Waals surface area contributed by atoms with E-state index in [0.29, 0.717) is 24.2 Å². The highest BCUT2D eigenvalue weighted by Crippen LogP contribution is 2.15. The van der Waals surface area contributed by atoms with Crippen LogP contribution >= 0.6 is 0 Å². The van der Waals surface area contributed by atoms with Crippen LogP contribution in [0, 0.1) is 18.7 Å². The number of hydrogen-bond acceptors (Lipinski definition) is 3. The van der Waals surface area contributed by atoms with Gasteiger partial charge in [-0.25, -0.2) is 4.39 Å². The summed E-state index contributed by atoms with van der Waals surface area (Å²) in [5.74, 6) is -1.86. The minimum absolute atomic E-state index is 0.0397. The third kappa shape index (κ3) is 4.97. The number of amides is 2. The van der Waals surface area contributed by atoms with Crippen LogP contribution in [0.5, 0.6) is 0 Å². The number of anilines is 1. The molecule has 1 atom stereocenters. The summed E-state index contributed by atoms with van der Waals surface area (Å²) in [6.45, 7) is 3.85. The lowest BCUT2D eigenvalue weighted by atomic mass is 10.1. The molecule has 0 saturated carbocycles. The standard InChI is InChI=1S/C14H19FN2O3/c1-9(5-6-18)8-16-13(19)14(20)17-12-4-3-11(15)7-10(12)2/h3-4,7,9,18H,5-6,8H2,1-2H3,(H,16,19)(H,17,20). The second-order valence-corrected chi connectivity index (χ2v) is 4.74. The largest absolute Gasteiger partial charge is 0.396 e. The van der Waals surface area contributed by atoms with E-state index in [1.54, 1.807) is 6.92 Å². The van der Waals surface area contributed by atoms with Crippen molar-refractivity contribution >= 4 is 17.5 Å². The summed E-state index contributed by atoms with van der Waals surface area (Å²) < 4.78 is 12.9. The molecule has 1 aromatic carbocycles. The van der Waals surface area contributed by atoms with Gasteiger partial charge in [-0.1, -0.05) is 6.92 Å². The number of aliphatic hydroxyl groups is 1. The molecule has 0 spiro atoms. The lowest BCUT2D eigenvalue weighted by molar-refractivity contribution is -0.136. The number of hydrogen-bond donors (Lipinski definition) is 3. The van der Waals surface area contributed by atoms with Crippen LogP contribution in [0.15, 0.2) is 18.2 Å². The maximum absolute atomic E-state index is 12.9. The summed E-state index contributed by atoms with van der Waals surface area (Å²) in [6.07, 6.45) is 0.555. The average molecular weight is 282 g/mol. The first-order valence-electron chi connectivity index (χ1n) is 6.40. The molecule has 0 aliphatic heterocycles. The third-order valence-corrected chi connectivity index (χ3v) is 2.88. The number of carbonyl (C=O) groups excluding carboxylic acids is 2. The molecule has 0 aliphatic carbocycles. The van der Waals surface area contributed by atoms with Crippen molar-refractivity contribution in [3.05, 3.63) is 29.6 Å². The average Bonchev–Trinajstić information content (AvgIpc) is 2.39. The van der Waals surface area contributed by atoms with Gasteiger partial charge in [0.2, 0.25) is 0 Å². The summed E-state index contributed by atoms with van der Waals surface area (Å²) in [5, 5.41) is 13.6. The molecule has 20 heavy (non-hydrogen) atoms. The molecule has 2 amide bonds. The van der Waals surface area contributed by atoms with Gasteiger partial charge in [0, 0.05) is 18.8 Å². The van der Waals surface area contributed by atoms with E-state index in [-0.39, 0.29) is 12.5 Å². The zero-order valence-corrected chi connectivity index (χ0v) is 11.6. The van der Waals surface area contributed by atoms with Gasteiger partial charge in [-0.05, 0) is 43.0 Å². The highest BCUT2D eigenvalue weighted by molar-refractivity contribution is 6.39. The van der Waals surface area contributed by atoms with Gasteiger partial charge in [0.15, 0.2) is 0 Å². The highest BCUT2D eigenvalue weighted by Gasteiger charge is 2.15. The van der Waals surface area contributed by atoms with E-state index in [4.69, 9.17) is 5.11 Å². The number of nitrogens with one attached hydrogen (secondary N) is 2. The number of rotatable bonds is 5. The van der Waals surface area contributed by atoms with Crippen molar-refractivity contribution in [1.82, 2.24) is 5.32 Å². The van der Waals surface area contributed by atoms with Crippen LogP contribution in [0.4, 0.5) is 10.1 Å². The molecule has 0 fully saturated rings. The molecular formula is C14H19FN2O3. The van der Waals surface area contributed by atoms with Crippen molar-refractivity contribution in [2.24, 2.45) is 5.92 Å². The van der Waals surface area contributed by atoms with Gasteiger partial charge < -0.3 is 15.7 Å². The zero-order chi connectivity index (χ0) is 15.1. The van der Waals surface area contributed by atoms with E-state index in [1.807, 2.05) is 6.92 Å². The Balaban J connectivity index is 2.51. The van der Waals surface area contributed by atoms with Gasteiger partial charge in [0.05, 0.1) is 0 Å². The van der Waals surface area contributed by atoms with Gasteiger partial charge in [-0.3, -0.25) is 9.59 Å². The number of aryl methyl sites for hydroxylation is 1. The quantitative estimate of drug-likeness (QED) is 0.710. The predicted octanol–water partition coefficient (Wildman–Crippen LogP) is 1.21. The lowest BCUT2D eigenvalue weighted by Crippen LogP contribution is -2.37. The summed E-state index contributed by atoms with van der Waals surface area (Å²) >= 11 is 0. The third-order valence-electron chi connectivity index (χ3n) is 2.88. The van der Waals surface area contributed by atoms with Crippen molar-refractivity contribution in [2.75, 3.05) is 18.5 Å². The number of benzene rings is 1. The fraction of sp³-hybridized carbons (Fsp3) is 0.429. The van der Waals surface area contributed by atoms with Gasteiger partial charge in [-0.15, -0.1) is 0 Å². The minimum atomic E-state index is -0.795. The van der Waals surface area contributed by atoms with Crippen molar-refractivity contribution in [1.29, 1.82) is 0 Å². The molecule has 0 aromatic heterocycles. The molecular weight excluding hydrogens is 263 g/mol. The topological polar surface area (TPSA) is 78.4 Å². The first-order valence-corrected chi connectivity index (χ1v) is 6.40. The molecule has 110 valence electrons. The maximum Gasteiger partial charge on any atom is 0.313 e. The van der Waals surface area contributed by atoms with E-state index >= 15 is 0 Å². The van der Waals surface area contributed by atoms with Gasteiger partial charge in [0.1, 0.15) is 5.82 Å². The van der Waals surface area contributed by atoms with E-state index in [9.17, 15) is 14.0 Å². The van der Waals surface area contributed by atoms with Gasteiger partial charge in [-0.2, -0.15) is 0 Å². The van der Waals surface area contributed by atoms with Crippen molar-refractivity contribution in [3.8, 4) is 0 Å². The number of halogens is 1. The summed E-state index contributed by atoms with van der Waals surface area (Å²) in [6, 6.07) is 3.89. The number of carbonyl (C=O) groups is 2. The van der Waals surface area contributed by atoms with E-state index < -0.39 is 17.6 Å². The Morgan fingerprint density at radius 1 is 1.35 bits per heavy atom. The molecule has 0 saturated heterocycles. The van der Waals surface area contributed by atoms with E-state index in [1.165, 1.54) is 18.2 Å². The molecule has 3 N–H and O–H groups in total. The van der Waals surface area contributed by atoms with Crippen LogP contribution in [0.1, 0.15) is 18.9 Å². The molecule has 0 radical (unpaired) electrons. The fourth-order valence-corrected chi connectivity index (χ4v) is 1.62. The Morgan fingerprint density at radius 2 is 2.05 bits per heavy atom. The summed E-state index contributed by atoms with van der Waals surface area (Å²) in [4.78, 5) is 23.2. The Kier molecular flexibility index (Phi) is 6.11. The van der Waals surface area contributed by atoms with Crippen LogP contribution in [-0.4, -0.2) is 30.1 Å². The Bertz CT molecular complexity index is 491. The van der Waals surface area contributed by atoms with E-state index in [2.05, 4.69) is 10.6 Å². The van der Waals surface area contributed by atoms with Crippen LogP contribution in [0.3, 0.4) is 0 Å². The first kappa shape index (κ1) is 16.1. The SMILES string of the molecule is Cc1cc(F)ccc1NC(=O)C(=O)NCC(C)CCO. The van der Waals surface area contributed by atoms with Gasteiger partial charge in [0.25, 0.3) is 0 Å². The Hall–Kier alpha value is -1.95. The van der Waals surface area contributed by atoms with Crippen LogP contribution in [-0.2, 0) is 9.59 Å². The Labute approximate surface area is 117 Å². The summed E-state index contributed by atoms with van der Waals surface area (Å²) in [5.41, 5.74) is 0.940. The van der Waals surface area contributed by atoms with Crippen LogP contribution < -0.4 is 10.6 Å². The van der Waals surface area contributed by atoms with Crippen LogP contribution in [0.25, 0.3) is 0 Å². The first-order chi connectivity index (χ1) is 9.43. The smallest absolute Gasteiger partial charge is 0.313 e. The fourth-order valence-electron chi connectivity index (χ4n) is 1.62. The predicted molar refractivity (Wildman–Crippen MR) is 73.6 cm³/mol. The lowest BCUT2D eigenvalue weighted by Gasteiger charge is -2.12. The van der Waals surface area contributed by atoms with E-state index in [0.717, 1.165) is 0 Å². The molecule has 1 aromatic rings. The molecule has 6 heteroatoms. The molecule has 0 heterocycles. The van der Waals surface area contributed by atoms with Gasteiger partial charge >= 0.3 is 11.8 Å². The van der Waals surface area contributed by atoms with Crippen LogP contribution in [0.2, 0.25) is 0 Å².